The molecule has 1 N–H and O–H groups in total. The van der Waals surface area contributed by atoms with E-state index in [1.165, 1.54) is 16.5 Å². The fraction of sp³-hybridized carbons (Fsp3) is 0.467. The van der Waals surface area contributed by atoms with Gasteiger partial charge in [-0.2, -0.15) is 0 Å². The lowest BCUT2D eigenvalue weighted by Crippen LogP contribution is -2.38. The van der Waals surface area contributed by atoms with Crippen LogP contribution < -0.4 is 5.56 Å². The summed E-state index contributed by atoms with van der Waals surface area (Å²) in [5.41, 5.74) is 1.95. The van der Waals surface area contributed by atoms with Gasteiger partial charge < -0.3 is 9.72 Å². The monoisotopic (exact) mass is 305 g/mol. The summed E-state index contributed by atoms with van der Waals surface area (Å²) in [5.74, 6) is 0.632. The molecule has 21 heavy (non-hydrogen) atoms. The first kappa shape index (κ1) is 14.4. The number of nitrogens with zero attached hydrogens (tertiary/aromatic N) is 2. The normalized spacial score (nSPS) is 19.8. The lowest BCUT2D eigenvalue weighted by Gasteiger charge is -2.32. The topological polar surface area (TPSA) is 58.2 Å². The van der Waals surface area contributed by atoms with Gasteiger partial charge in [-0.15, -0.1) is 11.3 Å². The van der Waals surface area contributed by atoms with E-state index in [4.69, 9.17) is 4.74 Å². The van der Waals surface area contributed by atoms with Crippen molar-refractivity contribution in [2.75, 3.05) is 19.7 Å². The summed E-state index contributed by atoms with van der Waals surface area (Å²) in [5, 5.41) is 2.13. The summed E-state index contributed by atoms with van der Waals surface area (Å²) in [6, 6.07) is 3.69. The smallest absolute Gasteiger partial charge is 0.251 e. The Morgan fingerprint density at radius 2 is 2.38 bits per heavy atom. The van der Waals surface area contributed by atoms with Gasteiger partial charge >= 0.3 is 0 Å². The van der Waals surface area contributed by atoms with Crippen molar-refractivity contribution in [2.45, 2.75) is 26.5 Å². The number of aromatic nitrogens is 2. The number of ether oxygens (including phenoxy) is 1. The van der Waals surface area contributed by atoms with Crippen molar-refractivity contribution >= 4 is 11.3 Å². The van der Waals surface area contributed by atoms with Crippen molar-refractivity contribution in [3.63, 3.8) is 0 Å². The molecule has 1 fully saturated rings. The van der Waals surface area contributed by atoms with Gasteiger partial charge in [0, 0.05) is 30.6 Å². The molecule has 6 heteroatoms. The number of hydrogen-bond donors (Lipinski definition) is 1. The Kier molecular flexibility index (Phi) is 4.19. The maximum atomic E-state index is 11.6. The molecule has 0 spiro atoms. The Bertz CT molecular complexity index is 680. The maximum Gasteiger partial charge on any atom is 0.251 e. The van der Waals surface area contributed by atoms with Crippen LogP contribution in [0.5, 0.6) is 0 Å². The van der Waals surface area contributed by atoms with Crippen LogP contribution in [0.3, 0.4) is 0 Å². The van der Waals surface area contributed by atoms with Gasteiger partial charge in [-0.3, -0.25) is 9.69 Å². The van der Waals surface area contributed by atoms with E-state index in [0.29, 0.717) is 12.4 Å². The first-order chi connectivity index (χ1) is 10.1. The van der Waals surface area contributed by atoms with E-state index in [-0.39, 0.29) is 11.7 Å². The van der Waals surface area contributed by atoms with Crippen molar-refractivity contribution in [3.05, 3.63) is 49.8 Å². The molecular formula is C15H19N3O2S. The van der Waals surface area contributed by atoms with Gasteiger partial charge in [-0.25, -0.2) is 4.98 Å². The van der Waals surface area contributed by atoms with Gasteiger partial charge in [-0.1, -0.05) is 0 Å². The minimum Gasteiger partial charge on any atom is -0.369 e. The molecule has 1 atom stereocenters. The molecule has 3 rings (SSSR count). The third-order valence-corrected chi connectivity index (χ3v) is 4.70. The summed E-state index contributed by atoms with van der Waals surface area (Å²) in [6.45, 7) is 7.23. The fourth-order valence-electron chi connectivity index (χ4n) is 2.56. The predicted molar refractivity (Wildman–Crippen MR) is 82.6 cm³/mol. The predicted octanol–water partition coefficient (Wildman–Crippen LogP) is 2.02. The molecule has 1 aliphatic heterocycles. The molecule has 1 aliphatic rings. The molecule has 0 unspecified atom stereocenters. The lowest BCUT2D eigenvalue weighted by molar-refractivity contribution is -0.0349. The fourth-order valence-corrected chi connectivity index (χ4v) is 3.51. The second-order valence-corrected chi connectivity index (χ2v) is 6.38. The zero-order valence-corrected chi connectivity index (χ0v) is 13.1. The van der Waals surface area contributed by atoms with Crippen molar-refractivity contribution in [3.8, 4) is 0 Å². The highest BCUT2D eigenvalue weighted by atomic mass is 32.1. The molecule has 5 nitrogen and oxygen atoms in total. The van der Waals surface area contributed by atoms with Crippen LogP contribution in [0.4, 0.5) is 0 Å². The summed E-state index contributed by atoms with van der Waals surface area (Å²) in [7, 11) is 0. The SMILES string of the molecule is Cc1nc([C@H]2CN(Cc3sccc3C)CCO2)cc(=O)[nH]1. The zero-order valence-electron chi connectivity index (χ0n) is 12.3. The van der Waals surface area contributed by atoms with Gasteiger partial charge in [0.25, 0.3) is 5.56 Å². The van der Waals surface area contributed by atoms with Gasteiger partial charge in [0.15, 0.2) is 0 Å². The number of thiophene rings is 1. The number of nitrogens with one attached hydrogen (secondary N) is 1. The summed E-state index contributed by atoms with van der Waals surface area (Å²) in [6.07, 6.45) is -0.125. The van der Waals surface area contributed by atoms with E-state index in [1.807, 2.05) is 0 Å². The number of aryl methyl sites for hydroxylation is 2. The second kappa shape index (κ2) is 6.09. The van der Waals surface area contributed by atoms with Crippen LogP contribution in [0.2, 0.25) is 0 Å². The molecule has 0 saturated carbocycles. The van der Waals surface area contributed by atoms with Crippen molar-refractivity contribution in [2.24, 2.45) is 0 Å². The minimum atomic E-state index is -0.125. The number of morpholine rings is 1. The lowest BCUT2D eigenvalue weighted by atomic mass is 10.2. The first-order valence-corrected chi connectivity index (χ1v) is 7.94. The van der Waals surface area contributed by atoms with Gasteiger partial charge in [0.05, 0.1) is 12.3 Å². The molecular weight excluding hydrogens is 286 g/mol. The number of aromatic amines is 1. The van der Waals surface area contributed by atoms with E-state index < -0.39 is 0 Å². The van der Waals surface area contributed by atoms with Crippen molar-refractivity contribution in [1.29, 1.82) is 0 Å². The van der Waals surface area contributed by atoms with Gasteiger partial charge in [0.1, 0.15) is 11.9 Å². The summed E-state index contributed by atoms with van der Waals surface area (Å²) >= 11 is 1.79. The van der Waals surface area contributed by atoms with E-state index in [2.05, 4.69) is 33.2 Å². The van der Waals surface area contributed by atoms with Crippen LogP contribution in [0, 0.1) is 13.8 Å². The second-order valence-electron chi connectivity index (χ2n) is 5.38. The standard InChI is InChI=1S/C15H19N3O2S/c1-10-3-6-21-14(10)9-18-4-5-20-13(8-18)12-7-15(19)17-11(2)16-12/h3,6-7,13H,4-5,8-9H2,1-2H3,(H,16,17,19)/t13-/m1/s1. The van der Waals surface area contributed by atoms with E-state index in [0.717, 1.165) is 25.3 Å². The number of rotatable bonds is 3. The molecule has 2 aromatic rings. The Labute approximate surface area is 127 Å². The minimum absolute atomic E-state index is 0.118. The highest BCUT2D eigenvalue weighted by Crippen LogP contribution is 2.23. The molecule has 0 aromatic carbocycles. The highest BCUT2D eigenvalue weighted by molar-refractivity contribution is 7.10. The molecule has 0 amide bonds. The molecule has 0 radical (unpaired) electrons. The van der Waals surface area contributed by atoms with Crippen LogP contribution in [-0.4, -0.2) is 34.6 Å². The molecule has 3 heterocycles. The van der Waals surface area contributed by atoms with Crippen molar-refractivity contribution in [1.82, 2.24) is 14.9 Å². The summed E-state index contributed by atoms with van der Waals surface area (Å²) < 4.78 is 5.80. The molecule has 0 aliphatic carbocycles. The average Bonchev–Trinajstić information content (AvgIpc) is 2.84. The summed E-state index contributed by atoms with van der Waals surface area (Å²) in [4.78, 5) is 22.4. The first-order valence-electron chi connectivity index (χ1n) is 7.06. The number of hydrogen-bond acceptors (Lipinski definition) is 5. The van der Waals surface area contributed by atoms with Crippen LogP contribution in [0.15, 0.2) is 22.3 Å². The van der Waals surface area contributed by atoms with Crippen LogP contribution >= 0.6 is 11.3 Å². The van der Waals surface area contributed by atoms with Crippen molar-refractivity contribution < 1.29 is 4.74 Å². The number of H-pyrrole nitrogens is 1. The molecule has 0 bridgehead atoms. The molecule has 112 valence electrons. The maximum absolute atomic E-state index is 11.6. The highest BCUT2D eigenvalue weighted by Gasteiger charge is 2.24. The van der Waals surface area contributed by atoms with Crippen LogP contribution in [-0.2, 0) is 11.3 Å². The molecule has 2 aromatic heterocycles. The zero-order chi connectivity index (χ0) is 14.8. The van der Waals surface area contributed by atoms with E-state index in [1.54, 1.807) is 18.3 Å². The average molecular weight is 305 g/mol. The van der Waals surface area contributed by atoms with E-state index >= 15 is 0 Å². The van der Waals surface area contributed by atoms with Crippen LogP contribution in [0.1, 0.15) is 28.1 Å². The van der Waals surface area contributed by atoms with Gasteiger partial charge in [-0.05, 0) is 30.9 Å². The van der Waals surface area contributed by atoms with E-state index in [9.17, 15) is 4.79 Å². The Balaban J connectivity index is 1.73. The Morgan fingerprint density at radius 1 is 1.52 bits per heavy atom. The quantitative estimate of drug-likeness (QED) is 0.942. The third kappa shape index (κ3) is 3.40. The molecule has 1 saturated heterocycles. The Hall–Kier alpha value is -1.50. The largest absolute Gasteiger partial charge is 0.369 e. The van der Waals surface area contributed by atoms with Gasteiger partial charge in [0.2, 0.25) is 0 Å². The Morgan fingerprint density at radius 3 is 3.10 bits per heavy atom. The third-order valence-electron chi connectivity index (χ3n) is 3.70. The van der Waals surface area contributed by atoms with Crippen LogP contribution in [0.25, 0.3) is 0 Å².